The van der Waals surface area contributed by atoms with Gasteiger partial charge in [-0.15, -0.1) is 0 Å². The lowest BCUT2D eigenvalue weighted by molar-refractivity contribution is -0.148. The molecule has 3 fully saturated rings. The van der Waals surface area contributed by atoms with Gasteiger partial charge in [0, 0.05) is 50.2 Å². The molecule has 0 aromatic heterocycles. The highest BCUT2D eigenvalue weighted by atomic mass is 16.6. The zero-order chi connectivity index (χ0) is 21.5. The van der Waals surface area contributed by atoms with E-state index >= 15 is 0 Å². The summed E-state index contributed by atoms with van der Waals surface area (Å²) in [6.07, 6.45) is 6.53. The number of benzene rings is 3. The van der Waals surface area contributed by atoms with Crippen molar-refractivity contribution >= 4 is 33.2 Å². The number of carbonyl (C=O) groups is 1. The van der Waals surface area contributed by atoms with E-state index < -0.39 is 0 Å². The summed E-state index contributed by atoms with van der Waals surface area (Å²) in [6, 6.07) is 20.0. The van der Waals surface area contributed by atoms with Crippen LogP contribution in [0.2, 0.25) is 0 Å². The third kappa shape index (κ3) is 3.55. The number of cyclic esters (lactones) is 1. The van der Waals surface area contributed by atoms with Crippen LogP contribution in [0.3, 0.4) is 0 Å². The van der Waals surface area contributed by atoms with Crippen LogP contribution in [0.5, 0.6) is 0 Å². The third-order valence-corrected chi connectivity index (χ3v) is 8.09. The molecule has 6 rings (SSSR count). The fraction of sp³-hybridized carbons (Fsp3) is 0.464. The molecule has 1 atom stereocenters. The van der Waals surface area contributed by atoms with Crippen molar-refractivity contribution < 1.29 is 9.53 Å². The van der Waals surface area contributed by atoms with Gasteiger partial charge in [0.05, 0.1) is 5.41 Å². The number of piperazine rings is 1. The molecule has 1 aliphatic carbocycles. The first-order valence-electron chi connectivity index (χ1n) is 12.3. The van der Waals surface area contributed by atoms with E-state index in [4.69, 9.17) is 4.74 Å². The van der Waals surface area contributed by atoms with Gasteiger partial charge in [0.1, 0.15) is 6.10 Å². The monoisotopic (exact) mass is 428 g/mol. The van der Waals surface area contributed by atoms with E-state index in [1.807, 2.05) is 0 Å². The van der Waals surface area contributed by atoms with Gasteiger partial charge in [-0.3, -0.25) is 9.69 Å². The topological polar surface area (TPSA) is 32.8 Å². The molecule has 32 heavy (non-hydrogen) atoms. The summed E-state index contributed by atoms with van der Waals surface area (Å²) in [5.41, 5.74) is 1.22. The number of ether oxygens (including phenoxy) is 1. The van der Waals surface area contributed by atoms with Crippen molar-refractivity contribution in [1.29, 1.82) is 0 Å². The van der Waals surface area contributed by atoms with E-state index in [9.17, 15) is 4.79 Å². The Hall–Kier alpha value is -2.59. The lowest BCUT2D eigenvalue weighted by Gasteiger charge is -2.37. The minimum atomic E-state index is -0.123. The summed E-state index contributed by atoms with van der Waals surface area (Å²) in [5, 5.41) is 5.26. The van der Waals surface area contributed by atoms with E-state index in [1.165, 1.54) is 40.1 Å². The Labute approximate surface area is 190 Å². The number of nitrogens with zero attached hydrogens (tertiary/aromatic N) is 2. The third-order valence-electron chi connectivity index (χ3n) is 8.09. The molecule has 3 aliphatic rings. The van der Waals surface area contributed by atoms with Crippen molar-refractivity contribution in [2.75, 3.05) is 37.6 Å². The maximum absolute atomic E-state index is 12.4. The van der Waals surface area contributed by atoms with Crippen molar-refractivity contribution in [1.82, 2.24) is 4.90 Å². The second-order valence-corrected chi connectivity index (χ2v) is 10.0. The zero-order valence-electron chi connectivity index (χ0n) is 18.8. The Morgan fingerprint density at radius 2 is 1.59 bits per heavy atom. The van der Waals surface area contributed by atoms with E-state index in [1.54, 1.807) is 0 Å². The molecular formula is C28H32N2O2. The molecule has 0 unspecified atom stereocenters. The number of hydrogen-bond donors (Lipinski definition) is 0. The molecule has 4 heteroatoms. The summed E-state index contributed by atoms with van der Waals surface area (Å²) in [7, 11) is 0. The second-order valence-electron chi connectivity index (χ2n) is 10.0. The van der Waals surface area contributed by atoms with Crippen molar-refractivity contribution in [3.63, 3.8) is 0 Å². The molecule has 0 N–H and O–H groups in total. The molecule has 0 radical (unpaired) electrons. The first-order valence-corrected chi connectivity index (χ1v) is 12.3. The molecule has 2 heterocycles. The summed E-state index contributed by atoms with van der Waals surface area (Å²) in [4.78, 5) is 17.5. The van der Waals surface area contributed by atoms with Gasteiger partial charge in [-0.1, -0.05) is 49.2 Å². The Morgan fingerprint density at radius 3 is 2.38 bits per heavy atom. The highest BCUT2D eigenvalue weighted by Gasteiger charge is 2.50. The maximum atomic E-state index is 12.4. The molecule has 1 saturated carbocycles. The Balaban J connectivity index is 1.10. The average Bonchev–Trinajstić information content (AvgIpc) is 3.43. The van der Waals surface area contributed by atoms with Crippen LogP contribution >= 0.6 is 0 Å². The highest BCUT2D eigenvalue weighted by molar-refractivity contribution is 6.03. The second kappa shape index (κ2) is 8.08. The van der Waals surface area contributed by atoms with Crippen molar-refractivity contribution in [3.8, 4) is 0 Å². The van der Waals surface area contributed by atoms with Gasteiger partial charge < -0.3 is 9.64 Å². The highest BCUT2D eigenvalue weighted by Crippen LogP contribution is 2.48. The smallest absolute Gasteiger partial charge is 0.312 e. The lowest BCUT2D eigenvalue weighted by atomic mass is 9.83. The van der Waals surface area contributed by atoms with Crippen LogP contribution in [0.25, 0.3) is 21.5 Å². The molecule has 3 aromatic rings. The van der Waals surface area contributed by atoms with Gasteiger partial charge in [0.25, 0.3) is 0 Å². The zero-order valence-corrected chi connectivity index (χ0v) is 18.8. The minimum Gasteiger partial charge on any atom is -0.462 e. The molecule has 3 aromatic carbocycles. The SMILES string of the molecule is O=C1O[C@H](CCN2CCN(c3cccc4cc5ccccc5cc34)CC2)CC12CCCC2. The van der Waals surface area contributed by atoms with Crippen LogP contribution in [0.15, 0.2) is 54.6 Å². The van der Waals surface area contributed by atoms with Crippen molar-refractivity contribution in [2.24, 2.45) is 5.41 Å². The number of carbonyl (C=O) groups excluding carboxylic acids is 1. The predicted octanol–water partition coefficient (Wildman–Crippen LogP) is 5.38. The molecular weight excluding hydrogens is 396 g/mol. The van der Waals surface area contributed by atoms with Crippen LogP contribution in [-0.2, 0) is 9.53 Å². The first-order chi connectivity index (χ1) is 15.7. The Morgan fingerprint density at radius 1 is 0.875 bits per heavy atom. The number of esters is 1. The van der Waals surface area contributed by atoms with Gasteiger partial charge in [-0.2, -0.15) is 0 Å². The number of rotatable bonds is 4. The minimum absolute atomic E-state index is 0.0910. The molecule has 166 valence electrons. The summed E-state index contributed by atoms with van der Waals surface area (Å²) < 4.78 is 5.79. The standard InChI is InChI=1S/C28H32N2O2/c31-27-28(11-3-4-12-28)20-24(32-27)10-13-29-14-16-30(17-15-29)26-9-5-8-23-18-21-6-1-2-7-22(21)19-25(23)26/h1-2,5-9,18-19,24H,3-4,10-17,20H2/t24-/m1/s1. The molecule has 1 spiro atoms. The van der Waals surface area contributed by atoms with Gasteiger partial charge >= 0.3 is 5.97 Å². The van der Waals surface area contributed by atoms with E-state index in [0.717, 1.165) is 58.4 Å². The van der Waals surface area contributed by atoms with Crippen molar-refractivity contribution in [3.05, 3.63) is 54.6 Å². The Kier molecular flexibility index (Phi) is 5.06. The van der Waals surface area contributed by atoms with Crippen molar-refractivity contribution in [2.45, 2.75) is 44.6 Å². The van der Waals surface area contributed by atoms with Gasteiger partial charge in [-0.05, 0) is 53.6 Å². The van der Waals surface area contributed by atoms with E-state index in [2.05, 4.69) is 64.4 Å². The molecule has 2 saturated heterocycles. The normalized spacial score (nSPS) is 23.4. The van der Waals surface area contributed by atoms with Gasteiger partial charge in [0.15, 0.2) is 0 Å². The average molecular weight is 429 g/mol. The van der Waals surface area contributed by atoms with Crippen LogP contribution in [0, 0.1) is 5.41 Å². The quantitative estimate of drug-likeness (QED) is 0.413. The summed E-state index contributed by atoms with van der Waals surface area (Å²) in [6.45, 7) is 5.24. The lowest BCUT2D eigenvalue weighted by Crippen LogP contribution is -2.47. The maximum Gasteiger partial charge on any atom is 0.312 e. The molecule has 2 aliphatic heterocycles. The predicted molar refractivity (Wildman–Crippen MR) is 130 cm³/mol. The Bertz CT molecular complexity index is 1140. The van der Waals surface area contributed by atoms with Crippen LogP contribution in [0.1, 0.15) is 38.5 Å². The molecule has 0 amide bonds. The largest absolute Gasteiger partial charge is 0.462 e. The number of hydrogen-bond acceptors (Lipinski definition) is 4. The van der Waals surface area contributed by atoms with Gasteiger partial charge in [-0.25, -0.2) is 0 Å². The molecule has 0 bridgehead atoms. The first kappa shape index (κ1) is 20.0. The molecule has 4 nitrogen and oxygen atoms in total. The fourth-order valence-electron chi connectivity index (χ4n) is 6.22. The van der Waals surface area contributed by atoms with E-state index in [0.29, 0.717) is 0 Å². The summed E-state index contributed by atoms with van der Waals surface area (Å²) in [5.74, 6) is 0.0910. The summed E-state index contributed by atoms with van der Waals surface area (Å²) >= 11 is 0. The number of anilines is 1. The van der Waals surface area contributed by atoms with Crippen LogP contribution in [-0.4, -0.2) is 49.7 Å². The van der Waals surface area contributed by atoms with Crippen LogP contribution < -0.4 is 4.90 Å². The fourth-order valence-corrected chi connectivity index (χ4v) is 6.22. The van der Waals surface area contributed by atoms with Crippen LogP contribution in [0.4, 0.5) is 5.69 Å². The van der Waals surface area contributed by atoms with Gasteiger partial charge in [0.2, 0.25) is 0 Å². The van der Waals surface area contributed by atoms with E-state index in [-0.39, 0.29) is 17.5 Å². The number of fused-ring (bicyclic) bond motifs is 2.